The van der Waals surface area contributed by atoms with Crippen LogP contribution < -0.4 is 0 Å². The van der Waals surface area contributed by atoms with Gasteiger partial charge in [0.2, 0.25) is 10.0 Å². The van der Waals surface area contributed by atoms with Gasteiger partial charge in [-0.05, 0) is 38.3 Å². The van der Waals surface area contributed by atoms with Gasteiger partial charge in [0.25, 0.3) is 0 Å². The first-order valence-electron chi connectivity index (χ1n) is 5.95. The topological polar surface area (TPSA) is 61.2 Å². The lowest BCUT2D eigenvalue weighted by Gasteiger charge is -2.20. The summed E-state index contributed by atoms with van der Waals surface area (Å²) < 4.78 is 26.3. The number of hydrogen-bond acceptors (Lipinski definition) is 3. The van der Waals surface area contributed by atoms with Crippen LogP contribution in [0.2, 0.25) is 0 Å². The van der Waals surface area contributed by atoms with Gasteiger partial charge in [-0.25, -0.2) is 8.42 Å². The third-order valence-corrected chi connectivity index (χ3v) is 5.34. The van der Waals surface area contributed by atoms with Gasteiger partial charge in [-0.3, -0.25) is 0 Å². The molecule has 0 bridgehead atoms. The minimum atomic E-state index is -3.54. The summed E-state index contributed by atoms with van der Waals surface area (Å²) >= 11 is 0. The summed E-state index contributed by atoms with van der Waals surface area (Å²) in [5.41, 5.74) is 1.77. The molecule has 1 heterocycles. The van der Waals surface area contributed by atoms with Gasteiger partial charge in [-0.2, -0.15) is 9.57 Å². The van der Waals surface area contributed by atoms with Crippen molar-refractivity contribution in [3.8, 4) is 6.07 Å². The molecule has 0 spiro atoms. The predicted molar refractivity (Wildman–Crippen MR) is 68.4 cm³/mol. The molecular weight excluding hydrogens is 248 g/mol. The highest BCUT2D eigenvalue weighted by molar-refractivity contribution is 7.89. The van der Waals surface area contributed by atoms with E-state index in [1.165, 1.54) is 4.31 Å². The number of nitrogens with zero attached hydrogens (tertiary/aromatic N) is 2. The van der Waals surface area contributed by atoms with Crippen LogP contribution in [-0.4, -0.2) is 25.3 Å². The number of hydrogen-bond donors (Lipinski definition) is 0. The van der Waals surface area contributed by atoms with E-state index in [2.05, 4.69) is 6.07 Å². The number of sulfonamides is 1. The zero-order chi connectivity index (χ0) is 13.3. The molecule has 1 aromatic carbocycles. The van der Waals surface area contributed by atoms with Crippen molar-refractivity contribution in [2.45, 2.75) is 37.6 Å². The number of nitriles is 1. The summed E-state index contributed by atoms with van der Waals surface area (Å²) in [6.07, 6.45) is 1.38. The highest BCUT2D eigenvalue weighted by atomic mass is 32.2. The van der Waals surface area contributed by atoms with Crippen LogP contribution in [0.3, 0.4) is 0 Å². The Balaban J connectivity index is 2.46. The largest absolute Gasteiger partial charge is 0.244 e. The fraction of sp³-hybridized carbons (Fsp3) is 0.462. The summed E-state index contributed by atoms with van der Waals surface area (Å²) in [5.74, 6) is 0. The standard InChI is InChI=1S/C13H16N2O2S/c1-10-5-6-13(11(2)8-10)18(16,17)15-7-3-4-12(15)9-14/h5-6,8,12H,3-4,7H2,1-2H3. The molecule has 1 aromatic rings. The second-order valence-corrected chi connectivity index (χ2v) is 6.53. The van der Waals surface area contributed by atoms with Gasteiger partial charge >= 0.3 is 0 Å². The molecule has 18 heavy (non-hydrogen) atoms. The quantitative estimate of drug-likeness (QED) is 0.820. The monoisotopic (exact) mass is 264 g/mol. The van der Waals surface area contributed by atoms with Crippen molar-refractivity contribution in [1.82, 2.24) is 4.31 Å². The van der Waals surface area contributed by atoms with E-state index >= 15 is 0 Å². The highest BCUT2D eigenvalue weighted by Gasteiger charge is 2.35. The van der Waals surface area contributed by atoms with Gasteiger partial charge in [0.05, 0.1) is 11.0 Å². The minimum Gasteiger partial charge on any atom is -0.207 e. The molecule has 96 valence electrons. The molecule has 0 amide bonds. The van der Waals surface area contributed by atoms with E-state index in [1.807, 2.05) is 13.0 Å². The molecule has 0 aliphatic carbocycles. The van der Waals surface area contributed by atoms with Crippen molar-refractivity contribution in [2.75, 3.05) is 6.54 Å². The van der Waals surface area contributed by atoms with Crippen LogP contribution in [0, 0.1) is 25.2 Å². The zero-order valence-corrected chi connectivity index (χ0v) is 11.4. The fourth-order valence-corrected chi connectivity index (χ4v) is 4.19. The van der Waals surface area contributed by atoms with Crippen molar-refractivity contribution in [1.29, 1.82) is 5.26 Å². The molecule has 1 fully saturated rings. The molecule has 1 aliphatic rings. The molecule has 1 aliphatic heterocycles. The van der Waals surface area contributed by atoms with Crippen molar-refractivity contribution < 1.29 is 8.42 Å². The van der Waals surface area contributed by atoms with Crippen LogP contribution in [0.15, 0.2) is 23.1 Å². The van der Waals surface area contributed by atoms with Gasteiger partial charge in [-0.1, -0.05) is 17.7 Å². The molecule has 0 N–H and O–H groups in total. The van der Waals surface area contributed by atoms with E-state index in [0.29, 0.717) is 17.9 Å². The highest BCUT2D eigenvalue weighted by Crippen LogP contribution is 2.27. The predicted octanol–water partition coefficient (Wildman–Crippen LogP) is 1.98. The smallest absolute Gasteiger partial charge is 0.207 e. The van der Waals surface area contributed by atoms with Crippen LogP contribution >= 0.6 is 0 Å². The number of aryl methyl sites for hydroxylation is 2. The van der Waals surface area contributed by atoms with E-state index in [1.54, 1.807) is 19.1 Å². The molecule has 2 rings (SSSR count). The Kier molecular flexibility index (Phi) is 3.42. The van der Waals surface area contributed by atoms with Crippen molar-refractivity contribution >= 4 is 10.0 Å². The maximum Gasteiger partial charge on any atom is 0.244 e. The summed E-state index contributed by atoms with van der Waals surface area (Å²) in [7, 11) is -3.54. The summed E-state index contributed by atoms with van der Waals surface area (Å²) in [4.78, 5) is 0.315. The van der Waals surface area contributed by atoms with Gasteiger partial charge < -0.3 is 0 Å². The van der Waals surface area contributed by atoms with E-state index in [-0.39, 0.29) is 0 Å². The molecule has 0 aromatic heterocycles. The van der Waals surface area contributed by atoms with Crippen LogP contribution in [0.1, 0.15) is 24.0 Å². The first-order valence-corrected chi connectivity index (χ1v) is 7.39. The maximum absolute atomic E-state index is 12.5. The average molecular weight is 264 g/mol. The minimum absolute atomic E-state index is 0.315. The Morgan fingerprint density at radius 1 is 1.39 bits per heavy atom. The molecule has 1 atom stereocenters. The van der Waals surface area contributed by atoms with E-state index in [4.69, 9.17) is 5.26 Å². The lowest BCUT2D eigenvalue weighted by Crippen LogP contribution is -2.35. The van der Waals surface area contributed by atoms with Gasteiger partial charge in [0.1, 0.15) is 6.04 Å². The Labute approximate surface area is 108 Å². The Morgan fingerprint density at radius 2 is 2.11 bits per heavy atom. The molecular formula is C13H16N2O2S. The molecule has 0 saturated carbocycles. The molecule has 1 unspecified atom stereocenters. The van der Waals surface area contributed by atoms with Crippen LogP contribution in [0.4, 0.5) is 0 Å². The normalized spacial score (nSPS) is 20.8. The van der Waals surface area contributed by atoms with E-state index < -0.39 is 16.1 Å². The molecule has 5 heteroatoms. The lowest BCUT2D eigenvalue weighted by molar-refractivity contribution is 0.437. The maximum atomic E-state index is 12.5. The third kappa shape index (κ3) is 2.14. The summed E-state index contributed by atoms with van der Waals surface area (Å²) in [5, 5.41) is 9.00. The Hall–Kier alpha value is -1.38. The second-order valence-electron chi connectivity index (χ2n) is 4.67. The second kappa shape index (κ2) is 4.71. The van der Waals surface area contributed by atoms with Crippen molar-refractivity contribution in [3.05, 3.63) is 29.3 Å². The number of rotatable bonds is 2. The van der Waals surface area contributed by atoms with Crippen molar-refractivity contribution in [2.24, 2.45) is 0 Å². The van der Waals surface area contributed by atoms with Crippen LogP contribution in [-0.2, 0) is 10.0 Å². The van der Waals surface area contributed by atoms with Crippen LogP contribution in [0.5, 0.6) is 0 Å². The first-order chi connectivity index (χ1) is 8.46. The average Bonchev–Trinajstić information content (AvgIpc) is 2.76. The third-order valence-electron chi connectivity index (χ3n) is 3.27. The lowest BCUT2D eigenvalue weighted by atomic mass is 10.2. The van der Waals surface area contributed by atoms with E-state index in [9.17, 15) is 8.42 Å². The van der Waals surface area contributed by atoms with Gasteiger partial charge in [0.15, 0.2) is 0 Å². The Morgan fingerprint density at radius 3 is 2.72 bits per heavy atom. The Bertz CT molecular complexity index is 602. The van der Waals surface area contributed by atoms with Gasteiger partial charge in [0, 0.05) is 6.54 Å². The molecule has 4 nitrogen and oxygen atoms in total. The summed E-state index contributed by atoms with van der Waals surface area (Å²) in [6.45, 7) is 4.16. The zero-order valence-electron chi connectivity index (χ0n) is 10.5. The van der Waals surface area contributed by atoms with Gasteiger partial charge in [-0.15, -0.1) is 0 Å². The van der Waals surface area contributed by atoms with E-state index in [0.717, 1.165) is 17.5 Å². The van der Waals surface area contributed by atoms with Crippen molar-refractivity contribution in [3.63, 3.8) is 0 Å². The summed E-state index contributed by atoms with van der Waals surface area (Å²) in [6, 6.07) is 6.82. The SMILES string of the molecule is Cc1ccc(S(=O)(=O)N2CCCC2C#N)c(C)c1. The fourth-order valence-electron chi connectivity index (χ4n) is 2.37. The molecule has 1 saturated heterocycles. The van der Waals surface area contributed by atoms with Crippen LogP contribution in [0.25, 0.3) is 0 Å². The first kappa shape index (κ1) is 13.1. The number of benzene rings is 1. The molecule has 0 radical (unpaired) electrons.